The molecule has 0 aromatic heterocycles. The predicted octanol–water partition coefficient (Wildman–Crippen LogP) is 3.68. The smallest absolute Gasteiger partial charge is 0.233 e. The van der Waals surface area contributed by atoms with Gasteiger partial charge in [0.2, 0.25) is 15.9 Å². The lowest BCUT2D eigenvalue weighted by Gasteiger charge is -2.17. The van der Waals surface area contributed by atoms with Crippen molar-refractivity contribution in [2.24, 2.45) is 23.7 Å². The standard InChI is InChI=1S/C24H37NO5S/c1-3-8-18-11-12-20(17-18)22(26)16-14-21-19(13-15-23(21)27)9-6-4-5-7-10-24(28)25-31(2,29)30/h4,6,13-16,18-22,26H,3,5,7-12,17H2,1-2H3,(H,25,28)/b6-4-,16-14+/t18?,19-,20?,21+,22+/m0/s1. The zero-order chi connectivity index (χ0) is 22.9. The van der Waals surface area contributed by atoms with Gasteiger partial charge in [0.25, 0.3) is 0 Å². The average molecular weight is 452 g/mol. The molecule has 5 atom stereocenters. The Labute approximate surface area is 186 Å². The van der Waals surface area contributed by atoms with E-state index in [1.54, 1.807) is 6.08 Å². The molecule has 1 amide bonds. The van der Waals surface area contributed by atoms with Gasteiger partial charge in [-0.05, 0) is 55.9 Å². The van der Waals surface area contributed by atoms with E-state index in [9.17, 15) is 23.1 Å². The highest BCUT2D eigenvalue weighted by Crippen LogP contribution is 2.36. The number of amides is 1. The van der Waals surface area contributed by atoms with Gasteiger partial charge in [0.1, 0.15) is 0 Å². The molecule has 31 heavy (non-hydrogen) atoms. The van der Waals surface area contributed by atoms with Crippen molar-refractivity contribution in [1.82, 2.24) is 4.72 Å². The Morgan fingerprint density at radius 2 is 2.10 bits per heavy atom. The number of sulfonamides is 1. The van der Waals surface area contributed by atoms with Crippen LogP contribution in [0.3, 0.4) is 0 Å². The number of aliphatic hydroxyl groups excluding tert-OH is 1. The zero-order valence-electron chi connectivity index (χ0n) is 18.7. The maximum atomic E-state index is 12.2. The Balaban J connectivity index is 1.74. The van der Waals surface area contributed by atoms with Crippen molar-refractivity contribution >= 4 is 21.7 Å². The van der Waals surface area contributed by atoms with Gasteiger partial charge in [-0.2, -0.15) is 0 Å². The van der Waals surface area contributed by atoms with Crippen molar-refractivity contribution in [3.05, 3.63) is 36.5 Å². The molecule has 2 N–H and O–H groups in total. The summed E-state index contributed by atoms with van der Waals surface area (Å²) in [5, 5.41) is 10.6. The van der Waals surface area contributed by atoms with Gasteiger partial charge in [-0.25, -0.2) is 8.42 Å². The minimum atomic E-state index is -3.50. The SMILES string of the molecule is CCCC1CCC([C@H](O)/C=C/[C@H]2C(=O)C=C[C@@H]2C/C=C\CCCC(=O)NS(C)(=O)=O)C1. The topological polar surface area (TPSA) is 101 Å². The first-order valence-electron chi connectivity index (χ1n) is 11.4. The average Bonchev–Trinajstić information content (AvgIpc) is 3.28. The number of ketones is 1. The number of carbonyl (C=O) groups is 2. The zero-order valence-corrected chi connectivity index (χ0v) is 19.5. The summed E-state index contributed by atoms with van der Waals surface area (Å²) >= 11 is 0. The maximum Gasteiger partial charge on any atom is 0.233 e. The summed E-state index contributed by atoms with van der Waals surface area (Å²) in [6.07, 6.45) is 19.6. The van der Waals surface area contributed by atoms with Crippen molar-refractivity contribution in [3.8, 4) is 0 Å². The summed E-state index contributed by atoms with van der Waals surface area (Å²) in [4.78, 5) is 23.7. The van der Waals surface area contributed by atoms with Crippen LogP contribution >= 0.6 is 0 Å². The Hall–Kier alpha value is -1.73. The Morgan fingerprint density at radius 3 is 2.81 bits per heavy atom. The van der Waals surface area contributed by atoms with Gasteiger partial charge < -0.3 is 5.11 Å². The van der Waals surface area contributed by atoms with Gasteiger partial charge in [0.05, 0.1) is 12.4 Å². The molecule has 0 radical (unpaired) electrons. The molecule has 2 aliphatic rings. The number of unbranched alkanes of at least 4 members (excludes halogenated alkanes) is 1. The van der Waals surface area contributed by atoms with Crippen LogP contribution < -0.4 is 4.72 Å². The number of carbonyl (C=O) groups excluding carboxylic acids is 2. The molecule has 0 saturated heterocycles. The maximum absolute atomic E-state index is 12.2. The molecule has 0 spiro atoms. The van der Waals surface area contributed by atoms with Crippen LogP contribution in [0.15, 0.2) is 36.5 Å². The largest absolute Gasteiger partial charge is 0.389 e. The van der Waals surface area contributed by atoms with Crippen LogP contribution in [0.1, 0.15) is 64.7 Å². The highest BCUT2D eigenvalue weighted by molar-refractivity contribution is 7.89. The van der Waals surface area contributed by atoms with Gasteiger partial charge in [0.15, 0.2) is 5.78 Å². The van der Waals surface area contributed by atoms with E-state index >= 15 is 0 Å². The van der Waals surface area contributed by atoms with E-state index in [2.05, 4.69) is 6.92 Å². The molecule has 174 valence electrons. The van der Waals surface area contributed by atoms with Crippen molar-refractivity contribution in [2.45, 2.75) is 70.8 Å². The minimum Gasteiger partial charge on any atom is -0.389 e. The Bertz CT molecular complexity index is 799. The molecule has 1 saturated carbocycles. The van der Waals surface area contributed by atoms with Gasteiger partial charge >= 0.3 is 0 Å². The first kappa shape index (κ1) is 25.5. The van der Waals surface area contributed by atoms with E-state index in [-0.39, 0.29) is 24.0 Å². The van der Waals surface area contributed by atoms with Crippen LogP contribution in [0.25, 0.3) is 0 Å². The first-order valence-corrected chi connectivity index (χ1v) is 13.3. The second-order valence-electron chi connectivity index (χ2n) is 8.95. The van der Waals surface area contributed by atoms with Crippen molar-refractivity contribution in [3.63, 3.8) is 0 Å². The molecule has 0 heterocycles. The summed E-state index contributed by atoms with van der Waals surface area (Å²) in [6.45, 7) is 2.20. The number of hydrogen-bond donors (Lipinski definition) is 2. The Morgan fingerprint density at radius 1 is 1.32 bits per heavy atom. The highest BCUT2D eigenvalue weighted by atomic mass is 32.2. The first-order chi connectivity index (χ1) is 14.7. The molecule has 0 aromatic rings. The van der Waals surface area contributed by atoms with Crippen molar-refractivity contribution in [2.75, 3.05) is 6.26 Å². The number of aliphatic hydroxyl groups is 1. The van der Waals surface area contributed by atoms with Crippen LogP contribution in [0.4, 0.5) is 0 Å². The van der Waals surface area contributed by atoms with E-state index in [1.807, 2.05) is 35.1 Å². The molecule has 2 aliphatic carbocycles. The number of nitrogens with one attached hydrogen (secondary N) is 1. The summed E-state index contributed by atoms with van der Waals surface area (Å²) in [7, 11) is -3.50. The molecule has 0 bridgehead atoms. The van der Waals surface area contributed by atoms with Gasteiger partial charge in [-0.15, -0.1) is 0 Å². The highest BCUT2D eigenvalue weighted by Gasteiger charge is 2.30. The van der Waals surface area contributed by atoms with Crippen LogP contribution in [0.2, 0.25) is 0 Å². The van der Waals surface area contributed by atoms with E-state index in [1.165, 1.54) is 19.3 Å². The van der Waals surface area contributed by atoms with E-state index in [0.29, 0.717) is 25.2 Å². The molecule has 2 rings (SSSR count). The van der Waals surface area contributed by atoms with Crippen molar-refractivity contribution < 1.29 is 23.1 Å². The molecular formula is C24H37NO5S. The van der Waals surface area contributed by atoms with E-state index < -0.39 is 22.0 Å². The van der Waals surface area contributed by atoms with Gasteiger partial charge in [-0.1, -0.05) is 56.6 Å². The fourth-order valence-corrected chi connectivity index (χ4v) is 5.13. The fraction of sp³-hybridized carbons (Fsp3) is 0.667. The lowest BCUT2D eigenvalue weighted by atomic mass is 9.89. The molecular weight excluding hydrogens is 414 g/mol. The molecule has 7 heteroatoms. The quantitative estimate of drug-likeness (QED) is 0.348. The van der Waals surface area contributed by atoms with Gasteiger partial charge in [0, 0.05) is 12.3 Å². The lowest BCUT2D eigenvalue weighted by Crippen LogP contribution is -2.28. The van der Waals surface area contributed by atoms with E-state index in [4.69, 9.17) is 0 Å². The third-order valence-corrected chi connectivity index (χ3v) is 6.82. The van der Waals surface area contributed by atoms with Crippen LogP contribution in [0.5, 0.6) is 0 Å². The molecule has 2 unspecified atom stereocenters. The van der Waals surface area contributed by atoms with E-state index in [0.717, 1.165) is 25.0 Å². The van der Waals surface area contributed by atoms with Gasteiger partial charge in [-0.3, -0.25) is 14.3 Å². The normalized spacial score (nSPS) is 27.5. The second kappa shape index (κ2) is 12.3. The number of rotatable bonds is 12. The summed E-state index contributed by atoms with van der Waals surface area (Å²) in [5.74, 6) is 0.463. The fourth-order valence-electron chi connectivity index (χ4n) is 4.62. The Kier molecular flexibility index (Phi) is 10.2. The minimum absolute atomic E-state index is 0.0783. The molecule has 0 aromatic carbocycles. The number of allylic oxidation sites excluding steroid dienone is 5. The molecule has 1 fully saturated rings. The molecule has 0 aliphatic heterocycles. The van der Waals surface area contributed by atoms with Crippen LogP contribution in [-0.2, 0) is 19.6 Å². The van der Waals surface area contributed by atoms with Crippen LogP contribution in [-0.4, -0.2) is 37.6 Å². The predicted molar refractivity (Wildman–Crippen MR) is 123 cm³/mol. The summed E-state index contributed by atoms with van der Waals surface area (Å²) in [5.41, 5.74) is 0. The third-order valence-electron chi connectivity index (χ3n) is 6.22. The second-order valence-corrected chi connectivity index (χ2v) is 10.7. The lowest BCUT2D eigenvalue weighted by molar-refractivity contribution is -0.119. The number of hydrogen-bond acceptors (Lipinski definition) is 5. The monoisotopic (exact) mass is 451 g/mol. The third kappa shape index (κ3) is 9.11. The van der Waals surface area contributed by atoms with Crippen molar-refractivity contribution in [1.29, 1.82) is 0 Å². The summed E-state index contributed by atoms with van der Waals surface area (Å²) in [6, 6.07) is 0. The summed E-state index contributed by atoms with van der Waals surface area (Å²) < 4.78 is 23.9. The van der Waals surface area contributed by atoms with Crippen LogP contribution in [0, 0.1) is 23.7 Å². The molecule has 6 nitrogen and oxygen atoms in total.